The van der Waals surface area contributed by atoms with Gasteiger partial charge in [-0.2, -0.15) is 0 Å². The van der Waals surface area contributed by atoms with Gasteiger partial charge in [-0.15, -0.1) is 0 Å². The Bertz CT molecular complexity index is 350. The number of hydrogen-bond acceptors (Lipinski definition) is 4. The van der Waals surface area contributed by atoms with E-state index in [1.54, 1.807) is 12.0 Å². The van der Waals surface area contributed by atoms with Gasteiger partial charge in [0.2, 0.25) is 0 Å². The summed E-state index contributed by atoms with van der Waals surface area (Å²) in [7, 11) is 1.62. The zero-order valence-electron chi connectivity index (χ0n) is 13.0. The lowest BCUT2D eigenvalue weighted by Gasteiger charge is -2.30. The molecule has 2 N–H and O–H groups in total. The number of urea groups is 1. The molecule has 1 rings (SSSR count). The van der Waals surface area contributed by atoms with E-state index in [1.807, 2.05) is 13.8 Å². The molecule has 0 aromatic rings. The molecule has 1 aliphatic rings. The molecule has 0 radical (unpaired) electrons. The van der Waals surface area contributed by atoms with Gasteiger partial charge in [0.25, 0.3) is 0 Å². The Balaban J connectivity index is 2.63. The van der Waals surface area contributed by atoms with Gasteiger partial charge in [-0.1, -0.05) is 13.8 Å². The van der Waals surface area contributed by atoms with Gasteiger partial charge in [0.05, 0.1) is 25.9 Å². The molecular formula is C14H26N2O5. The van der Waals surface area contributed by atoms with E-state index in [-0.39, 0.29) is 25.2 Å². The summed E-state index contributed by atoms with van der Waals surface area (Å²) in [6.07, 6.45) is 0.768. The normalized spacial score (nSPS) is 22.8. The minimum Gasteiger partial charge on any atom is -0.481 e. The maximum atomic E-state index is 12.3. The van der Waals surface area contributed by atoms with Crippen LogP contribution in [0.15, 0.2) is 0 Å². The predicted octanol–water partition coefficient (Wildman–Crippen LogP) is 0.790. The molecule has 1 heterocycles. The zero-order valence-corrected chi connectivity index (χ0v) is 13.0. The highest BCUT2D eigenvalue weighted by atomic mass is 16.5. The van der Waals surface area contributed by atoms with Crippen LogP contribution < -0.4 is 5.32 Å². The molecule has 0 bridgehead atoms. The molecule has 3 unspecified atom stereocenters. The van der Waals surface area contributed by atoms with Crippen molar-refractivity contribution in [2.45, 2.75) is 26.3 Å². The number of carboxylic acids is 1. The Morgan fingerprint density at radius 2 is 2.19 bits per heavy atom. The predicted molar refractivity (Wildman–Crippen MR) is 77.2 cm³/mol. The topological polar surface area (TPSA) is 88.1 Å². The van der Waals surface area contributed by atoms with Crippen LogP contribution in [0.4, 0.5) is 4.79 Å². The van der Waals surface area contributed by atoms with Crippen LogP contribution in [0.25, 0.3) is 0 Å². The van der Waals surface area contributed by atoms with Crippen molar-refractivity contribution >= 4 is 12.0 Å². The SMILES string of the molecule is CCCN(C(=O)NCC(C)COC)C1COCC1C(=O)O. The first kappa shape index (κ1) is 17.7. The Morgan fingerprint density at radius 3 is 2.76 bits per heavy atom. The number of aliphatic carboxylic acids is 1. The molecule has 1 aliphatic heterocycles. The van der Waals surface area contributed by atoms with Gasteiger partial charge < -0.3 is 24.8 Å². The van der Waals surface area contributed by atoms with Crippen molar-refractivity contribution in [1.29, 1.82) is 0 Å². The largest absolute Gasteiger partial charge is 0.481 e. The lowest BCUT2D eigenvalue weighted by Crippen LogP contribution is -2.51. The average molecular weight is 302 g/mol. The smallest absolute Gasteiger partial charge is 0.317 e. The zero-order chi connectivity index (χ0) is 15.8. The summed E-state index contributed by atoms with van der Waals surface area (Å²) < 4.78 is 10.3. The van der Waals surface area contributed by atoms with Crippen molar-refractivity contribution in [3.63, 3.8) is 0 Å². The summed E-state index contributed by atoms with van der Waals surface area (Å²) in [6.45, 7) is 5.95. The maximum absolute atomic E-state index is 12.3. The fourth-order valence-corrected chi connectivity index (χ4v) is 2.45. The quantitative estimate of drug-likeness (QED) is 0.692. The van der Waals surface area contributed by atoms with E-state index in [2.05, 4.69) is 5.32 Å². The van der Waals surface area contributed by atoms with Crippen molar-refractivity contribution in [1.82, 2.24) is 10.2 Å². The summed E-state index contributed by atoms with van der Waals surface area (Å²) in [5.74, 6) is -1.37. The maximum Gasteiger partial charge on any atom is 0.317 e. The number of carboxylic acid groups (broad SMARTS) is 1. The minimum absolute atomic E-state index is 0.160. The number of nitrogens with one attached hydrogen (secondary N) is 1. The first-order valence-electron chi connectivity index (χ1n) is 7.35. The Kier molecular flexibility index (Phi) is 7.45. The molecule has 0 aromatic heterocycles. The highest BCUT2D eigenvalue weighted by Crippen LogP contribution is 2.20. The van der Waals surface area contributed by atoms with Gasteiger partial charge in [-0.05, 0) is 12.3 Å². The second kappa shape index (κ2) is 8.84. The van der Waals surface area contributed by atoms with Crippen LogP contribution in [-0.4, -0.2) is 68.1 Å². The molecule has 2 amide bonds. The lowest BCUT2D eigenvalue weighted by atomic mass is 10.0. The Hall–Kier alpha value is -1.34. The van der Waals surface area contributed by atoms with Crippen LogP contribution >= 0.6 is 0 Å². The average Bonchev–Trinajstić information content (AvgIpc) is 2.91. The number of carbonyl (C=O) groups excluding carboxylic acids is 1. The Labute approximate surface area is 125 Å². The standard InChI is InChI=1S/C14H26N2O5/c1-4-5-16(12-9-21-8-11(12)13(17)18)14(19)15-6-10(2)7-20-3/h10-12H,4-9H2,1-3H3,(H,15,19)(H,17,18). The number of methoxy groups -OCH3 is 1. The van der Waals surface area contributed by atoms with E-state index in [0.29, 0.717) is 19.7 Å². The first-order chi connectivity index (χ1) is 10.0. The van der Waals surface area contributed by atoms with Gasteiger partial charge in [0.15, 0.2) is 0 Å². The van der Waals surface area contributed by atoms with Gasteiger partial charge in [-0.25, -0.2) is 4.79 Å². The van der Waals surface area contributed by atoms with Crippen LogP contribution in [-0.2, 0) is 14.3 Å². The highest BCUT2D eigenvalue weighted by Gasteiger charge is 2.39. The van der Waals surface area contributed by atoms with Crippen molar-refractivity contribution < 1.29 is 24.2 Å². The first-order valence-corrected chi connectivity index (χ1v) is 7.35. The molecule has 1 fully saturated rings. The molecular weight excluding hydrogens is 276 g/mol. The number of amides is 2. The van der Waals surface area contributed by atoms with E-state index in [1.165, 1.54) is 0 Å². The minimum atomic E-state index is -0.917. The van der Waals surface area contributed by atoms with Gasteiger partial charge in [0, 0.05) is 20.2 Å². The molecule has 7 heteroatoms. The van der Waals surface area contributed by atoms with Crippen LogP contribution in [0.1, 0.15) is 20.3 Å². The second-order valence-corrected chi connectivity index (χ2v) is 5.49. The molecule has 21 heavy (non-hydrogen) atoms. The van der Waals surface area contributed by atoms with Crippen LogP contribution in [0.2, 0.25) is 0 Å². The molecule has 7 nitrogen and oxygen atoms in total. The number of ether oxygens (including phenoxy) is 2. The number of hydrogen-bond donors (Lipinski definition) is 2. The molecule has 0 aliphatic carbocycles. The molecule has 0 spiro atoms. The summed E-state index contributed by atoms with van der Waals surface area (Å²) in [5, 5.41) is 12.1. The van der Waals surface area contributed by atoms with E-state index in [9.17, 15) is 14.7 Å². The van der Waals surface area contributed by atoms with Crippen molar-refractivity contribution in [3.05, 3.63) is 0 Å². The van der Waals surface area contributed by atoms with Crippen molar-refractivity contribution in [3.8, 4) is 0 Å². The summed E-state index contributed by atoms with van der Waals surface area (Å²) in [6, 6.07) is -0.637. The van der Waals surface area contributed by atoms with Crippen LogP contribution in [0, 0.1) is 11.8 Å². The third-order valence-electron chi connectivity index (χ3n) is 3.55. The molecule has 122 valence electrons. The van der Waals surface area contributed by atoms with E-state index >= 15 is 0 Å². The third-order valence-corrected chi connectivity index (χ3v) is 3.55. The van der Waals surface area contributed by atoms with E-state index in [4.69, 9.17) is 9.47 Å². The lowest BCUT2D eigenvalue weighted by molar-refractivity contribution is -0.142. The van der Waals surface area contributed by atoms with Crippen LogP contribution in [0.5, 0.6) is 0 Å². The number of rotatable bonds is 8. The molecule has 1 saturated heterocycles. The monoisotopic (exact) mass is 302 g/mol. The Morgan fingerprint density at radius 1 is 1.48 bits per heavy atom. The van der Waals surface area contributed by atoms with Crippen molar-refractivity contribution in [2.75, 3.05) is 40.0 Å². The third kappa shape index (κ3) is 5.17. The van der Waals surface area contributed by atoms with Gasteiger partial charge in [-0.3, -0.25) is 4.79 Å². The molecule has 0 aromatic carbocycles. The second-order valence-electron chi connectivity index (χ2n) is 5.49. The van der Waals surface area contributed by atoms with Gasteiger partial charge >= 0.3 is 12.0 Å². The molecule has 0 saturated carbocycles. The van der Waals surface area contributed by atoms with Crippen LogP contribution in [0.3, 0.4) is 0 Å². The summed E-state index contributed by atoms with van der Waals surface area (Å²) in [4.78, 5) is 25.2. The number of carbonyl (C=O) groups is 2. The fraction of sp³-hybridized carbons (Fsp3) is 0.857. The van der Waals surface area contributed by atoms with E-state index in [0.717, 1.165) is 6.42 Å². The summed E-state index contributed by atoms with van der Waals surface area (Å²) >= 11 is 0. The van der Waals surface area contributed by atoms with Crippen molar-refractivity contribution in [2.24, 2.45) is 11.8 Å². The van der Waals surface area contributed by atoms with Gasteiger partial charge in [0.1, 0.15) is 5.92 Å². The highest BCUT2D eigenvalue weighted by molar-refractivity contribution is 5.77. The summed E-state index contributed by atoms with van der Waals surface area (Å²) in [5.41, 5.74) is 0. The molecule has 3 atom stereocenters. The van der Waals surface area contributed by atoms with E-state index < -0.39 is 17.9 Å². The fourth-order valence-electron chi connectivity index (χ4n) is 2.45. The number of nitrogens with zero attached hydrogens (tertiary/aromatic N) is 1.